The van der Waals surface area contributed by atoms with E-state index in [1.165, 1.54) is 0 Å². The lowest BCUT2D eigenvalue weighted by Gasteiger charge is -2.17. The highest BCUT2D eigenvalue weighted by atomic mass is 15.3. The molecule has 1 atom stereocenters. The number of nitrogens with two attached hydrogens (primary N) is 1. The van der Waals surface area contributed by atoms with Gasteiger partial charge in [0.25, 0.3) is 0 Å². The van der Waals surface area contributed by atoms with Gasteiger partial charge in [0, 0.05) is 0 Å². The fourth-order valence-electron chi connectivity index (χ4n) is 0.258. The Kier molecular flexibility index (Phi) is 2.91. The molecule has 44 valence electrons. The van der Waals surface area contributed by atoms with Gasteiger partial charge in [-0.25, -0.2) is 0 Å². The van der Waals surface area contributed by atoms with Gasteiger partial charge in [-0.3, -0.25) is 10.2 Å². The molecule has 0 aliphatic rings. The maximum absolute atomic E-state index is 5.43. The molecule has 0 bridgehead atoms. The molecule has 0 aliphatic carbocycles. The van der Waals surface area contributed by atoms with Crippen LogP contribution in [0.4, 0.5) is 0 Å². The highest BCUT2D eigenvalue weighted by Crippen LogP contribution is 1.71. The Morgan fingerprint density at radius 2 is 2.00 bits per heavy atom. The lowest BCUT2D eigenvalue weighted by molar-refractivity contribution is 0.267. The molecule has 3 nitrogen and oxygen atoms in total. The summed E-state index contributed by atoms with van der Waals surface area (Å²) in [6.07, 6.45) is -0.0139. The smallest absolute Gasteiger partial charge is 0.111 e. The summed E-state index contributed by atoms with van der Waals surface area (Å²) in [6, 6.07) is 0. The van der Waals surface area contributed by atoms with Gasteiger partial charge in [-0.05, 0) is 21.1 Å². The van der Waals surface area contributed by atoms with Crippen LogP contribution in [-0.4, -0.2) is 32.3 Å². The molecule has 0 fully saturated rings. The second kappa shape index (κ2) is 2.96. The molecule has 0 aromatic carbocycles. The molecule has 0 aliphatic heterocycles. The summed E-state index contributed by atoms with van der Waals surface area (Å²) in [5.41, 5.74) is 5.43. The first-order valence-electron chi connectivity index (χ1n) is 2.27. The molecule has 3 heteroatoms. The minimum atomic E-state index is -0.0139. The molecular formula is C4H13N3. The van der Waals surface area contributed by atoms with Crippen LogP contribution in [-0.2, 0) is 0 Å². The molecule has 0 saturated heterocycles. The van der Waals surface area contributed by atoms with E-state index in [2.05, 4.69) is 5.32 Å². The summed E-state index contributed by atoms with van der Waals surface area (Å²) in [5.74, 6) is 0. The van der Waals surface area contributed by atoms with Crippen LogP contribution in [0.15, 0.2) is 0 Å². The number of rotatable bonds is 2. The zero-order valence-corrected chi connectivity index (χ0v) is 5.10. The largest absolute Gasteiger partial charge is 0.303 e. The number of nitrogens with one attached hydrogen (secondary N) is 1. The van der Waals surface area contributed by atoms with Crippen LogP contribution in [0.5, 0.6) is 0 Å². The molecule has 0 amide bonds. The number of nitrogens with zero attached hydrogens (tertiary/aromatic N) is 1. The van der Waals surface area contributed by atoms with Crippen molar-refractivity contribution in [2.45, 2.75) is 6.29 Å². The average Bonchev–Trinajstić information content (AvgIpc) is 1.65. The van der Waals surface area contributed by atoms with E-state index >= 15 is 0 Å². The van der Waals surface area contributed by atoms with E-state index in [0.29, 0.717) is 0 Å². The maximum atomic E-state index is 5.43. The van der Waals surface area contributed by atoms with Crippen LogP contribution in [0.25, 0.3) is 0 Å². The second-order valence-corrected chi connectivity index (χ2v) is 1.70. The van der Waals surface area contributed by atoms with E-state index in [-0.39, 0.29) is 6.29 Å². The number of hydrogen-bond donors (Lipinski definition) is 2. The highest BCUT2D eigenvalue weighted by Gasteiger charge is 1.96. The van der Waals surface area contributed by atoms with E-state index in [0.717, 1.165) is 0 Å². The normalized spacial score (nSPS) is 15.0. The predicted octanol–water partition coefficient (Wildman–Crippen LogP) is -0.990. The van der Waals surface area contributed by atoms with Gasteiger partial charge in [0.2, 0.25) is 0 Å². The lowest BCUT2D eigenvalue weighted by atomic mass is 10.7. The molecule has 0 aromatic heterocycles. The fraction of sp³-hybridized carbons (Fsp3) is 1.00. The van der Waals surface area contributed by atoms with Gasteiger partial charge in [-0.1, -0.05) is 0 Å². The van der Waals surface area contributed by atoms with E-state index in [1.54, 1.807) is 0 Å². The minimum Gasteiger partial charge on any atom is -0.303 e. The summed E-state index contributed by atoms with van der Waals surface area (Å²) in [4.78, 5) is 1.89. The van der Waals surface area contributed by atoms with Crippen molar-refractivity contribution in [3.8, 4) is 0 Å². The van der Waals surface area contributed by atoms with Crippen molar-refractivity contribution in [2.24, 2.45) is 5.73 Å². The van der Waals surface area contributed by atoms with Crippen molar-refractivity contribution in [1.82, 2.24) is 10.2 Å². The first kappa shape index (κ1) is 6.88. The lowest BCUT2D eigenvalue weighted by Crippen LogP contribution is -2.46. The van der Waals surface area contributed by atoms with Crippen molar-refractivity contribution < 1.29 is 0 Å². The summed E-state index contributed by atoms with van der Waals surface area (Å²) in [5, 5.41) is 2.87. The average molecular weight is 103 g/mol. The third-order valence-electron chi connectivity index (χ3n) is 0.852. The van der Waals surface area contributed by atoms with Gasteiger partial charge in [0.05, 0.1) is 0 Å². The zero-order chi connectivity index (χ0) is 5.86. The highest BCUT2D eigenvalue weighted by molar-refractivity contribution is 4.46. The molecule has 0 rings (SSSR count). The molecule has 0 radical (unpaired) electrons. The van der Waals surface area contributed by atoms with Crippen molar-refractivity contribution >= 4 is 0 Å². The summed E-state index contributed by atoms with van der Waals surface area (Å²) in [7, 11) is 5.66. The van der Waals surface area contributed by atoms with Gasteiger partial charge < -0.3 is 5.73 Å². The summed E-state index contributed by atoms with van der Waals surface area (Å²) in [6.45, 7) is 0. The Morgan fingerprint density at radius 1 is 1.57 bits per heavy atom. The summed E-state index contributed by atoms with van der Waals surface area (Å²) >= 11 is 0. The van der Waals surface area contributed by atoms with Crippen molar-refractivity contribution in [3.63, 3.8) is 0 Å². The number of hydrogen-bond acceptors (Lipinski definition) is 3. The van der Waals surface area contributed by atoms with Gasteiger partial charge in [-0.2, -0.15) is 0 Å². The third-order valence-corrected chi connectivity index (χ3v) is 0.852. The van der Waals surface area contributed by atoms with Crippen LogP contribution in [0.3, 0.4) is 0 Å². The minimum absolute atomic E-state index is 0.0139. The molecule has 0 heterocycles. The molecule has 7 heavy (non-hydrogen) atoms. The fourth-order valence-corrected chi connectivity index (χ4v) is 0.258. The second-order valence-electron chi connectivity index (χ2n) is 1.70. The Hall–Kier alpha value is -0.120. The first-order valence-corrected chi connectivity index (χ1v) is 2.27. The molecule has 3 N–H and O–H groups in total. The summed E-state index contributed by atoms with van der Waals surface area (Å²) < 4.78 is 0. The van der Waals surface area contributed by atoms with Crippen molar-refractivity contribution in [2.75, 3.05) is 21.1 Å². The molecule has 0 aromatic rings. The van der Waals surface area contributed by atoms with Crippen LogP contribution >= 0.6 is 0 Å². The predicted molar refractivity (Wildman–Crippen MR) is 30.7 cm³/mol. The molecule has 0 saturated carbocycles. The quantitative estimate of drug-likeness (QED) is 0.441. The first-order chi connectivity index (χ1) is 3.18. The van der Waals surface area contributed by atoms with Crippen molar-refractivity contribution in [1.29, 1.82) is 0 Å². The van der Waals surface area contributed by atoms with E-state index in [4.69, 9.17) is 5.73 Å². The van der Waals surface area contributed by atoms with Crippen LogP contribution in [0.1, 0.15) is 0 Å². The van der Waals surface area contributed by atoms with E-state index in [1.807, 2.05) is 26.0 Å². The maximum Gasteiger partial charge on any atom is 0.111 e. The van der Waals surface area contributed by atoms with Gasteiger partial charge in [0.1, 0.15) is 6.29 Å². The Bertz CT molecular complexity index is 44.2. The Labute approximate surface area is 44.5 Å². The topological polar surface area (TPSA) is 41.3 Å². The third kappa shape index (κ3) is 2.56. The van der Waals surface area contributed by atoms with Crippen LogP contribution < -0.4 is 11.1 Å². The SMILES string of the molecule is CNC(N)N(C)C. The Morgan fingerprint density at radius 3 is 2.00 bits per heavy atom. The van der Waals surface area contributed by atoms with E-state index < -0.39 is 0 Å². The van der Waals surface area contributed by atoms with Gasteiger partial charge >= 0.3 is 0 Å². The van der Waals surface area contributed by atoms with E-state index in [9.17, 15) is 0 Å². The standard InChI is InChI=1S/C4H13N3/c1-6-4(5)7(2)3/h4,6H,5H2,1-3H3. The van der Waals surface area contributed by atoms with Crippen LogP contribution in [0, 0.1) is 0 Å². The van der Waals surface area contributed by atoms with Crippen molar-refractivity contribution in [3.05, 3.63) is 0 Å². The van der Waals surface area contributed by atoms with Gasteiger partial charge in [-0.15, -0.1) is 0 Å². The molecular weight excluding hydrogens is 90.1 g/mol. The zero-order valence-electron chi connectivity index (χ0n) is 5.10. The molecule has 1 unspecified atom stereocenters. The van der Waals surface area contributed by atoms with Crippen LogP contribution in [0.2, 0.25) is 0 Å². The monoisotopic (exact) mass is 103 g/mol. The molecule has 0 spiro atoms. The van der Waals surface area contributed by atoms with Gasteiger partial charge in [0.15, 0.2) is 0 Å². The Balaban J connectivity index is 3.14.